The molecule has 2 unspecified atom stereocenters. The van der Waals surface area contributed by atoms with Crippen LogP contribution in [0.3, 0.4) is 0 Å². The molecule has 1 amide bonds. The van der Waals surface area contributed by atoms with E-state index in [-0.39, 0.29) is 17.9 Å². The molecule has 0 heterocycles. The van der Waals surface area contributed by atoms with Gasteiger partial charge in [-0.15, -0.1) is 6.42 Å². The molecule has 0 aromatic rings. The van der Waals surface area contributed by atoms with Crippen LogP contribution in [-0.2, 0) is 9.53 Å². The summed E-state index contributed by atoms with van der Waals surface area (Å²) in [5.41, 5.74) is 0. The quantitative estimate of drug-likeness (QED) is 0.640. The molecule has 0 fully saturated rings. The van der Waals surface area contributed by atoms with E-state index >= 15 is 0 Å². The standard InChI is InChI=1S/C10H17NO2/c1-5-9(3)11-10(12)6-8(2)7-13-4/h1,8-9H,6-7H2,2-4H3,(H,11,12). The van der Waals surface area contributed by atoms with Crippen molar-refractivity contribution >= 4 is 5.91 Å². The average Bonchev–Trinajstić information content (AvgIpc) is 2.04. The lowest BCUT2D eigenvalue weighted by atomic mass is 10.1. The van der Waals surface area contributed by atoms with Gasteiger partial charge in [-0.25, -0.2) is 0 Å². The fourth-order valence-electron chi connectivity index (χ4n) is 1.00. The molecule has 3 heteroatoms. The molecule has 0 rings (SSSR count). The lowest BCUT2D eigenvalue weighted by Gasteiger charge is -2.11. The van der Waals surface area contributed by atoms with Gasteiger partial charge in [0, 0.05) is 20.1 Å². The molecule has 0 saturated heterocycles. The van der Waals surface area contributed by atoms with Crippen LogP contribution >= 0.6 is 0 Å². The molecule has 2 atom stereocenters. The summed E-state index contributed by atoms with van der Waals surface area (Å²) in [7, 11) is 1.62. The summed E-state index contributed by atoms with van der Waals surface area (Å²) >= 11 is 0. The Balaban J connectivity index is 3.69. The summed E-state index contributed by atoms with van der Waals surface area (Å²) in [6, 6.07) is -0.192. The highest BCUT2D eigenvalue weighted by Crippen LogP contribution is 2.01. The molecule has 0 aliphatic carbocycles. The lowest BCUT2D eigenvalue weighted by molar-refractivity contribution is -0.122. The lowest BCUT2D eigenvalue weighted by Crippen LogP contribution is -2.32. The number of ether oxygens (including phenoxy) is 1. The predicted octanol–water partition coefficient (Wildman–Crippen LogP) is 0.797. The number of hydrogen-bond acceptors (Lipinski definition) is 2. The van der Waals surface area contributed by atoms with Crippen LogP contribution in [-0.4, -0.2) is 25.7 Å². The maximum absolute atomic E-state index is 11.2. The Morgan fingerprint density at radius 2 is 2.23 bits per heavy atom. The highest BCUT2D eigenvalue weighted by molar-refractivity contribution is 5.76. The number of carbonyl (C=O) groups is 1. The van der Waals surface area contributed by atoms with Crippen LogP contribution in [0, 0.1) is 18.3 Å². The van der Waals surface area contributed by atoms with Gasteiger partial charge < -0.3 is 10.1 Å². The number of rotatable bonds is 5. The minimum atomic E-state index is -0.192. The third-order valence-corrected chi connectivity index (χ3v) is 1.61. The fourth-order valence-corrected chi connectivity index (χ4v) is 1.00. The predicted molar refractivity (Wildman–Crippen MR) is 52.1 cm³/mol. The van der Waals surface area contributed by atoms with Crippen molar-refractivity contribution in [1.82, 2.24) is 5.32 Å². The van der Waals surface area contributed by atoms with E-state index in [0.29, 0.717) is 13.0 Å². The van der Waals surface area contributed by atoms with Crippen molar-refractivity contribution in [3.05, 3.63) is 0 Å². The second-order valence-electron chi connectivity index (χ2n) is 3.22. The molecule has 0 aromatic carbocycles. The first-order valence-corrected chi connectivity index (χ1v) is 4.34. The molecule has 1 N–H and O–H groups in total. The maximum Gasteiger partial charge on any atom is 0.221 e. The SMILES string of the molecule is C#CC(C)NC(=O)CC(C)COC. The Morgan fingerprint density at radius 3 is 2.69 bits per heavy atom. The molecule has 0 aromatic heterocycles. The summed E-state index contributed by atoms with van der Waals surface area (Å²) in [4.78, 5) is 11.2. The highest BCUT2D eigenvalue weighted by Gasteiger charge is 2.09. The van der Waals surface area contributed by atoms with Gasteiger partial charge >= 0.3 is 0 Å². The first-order chi connectivity index (χ1) is 6.10. The molecule has 0 spiro atoms. The van der Waals surface area contributed by atoms with Crippen LogP contribution in [0.4, 0.5) is 0 Å². The topological polar surface area (TPSA) is 38.3 Å². The minimum Gasteiger partial charge on any atom is -0.384 e. The molecule has 0 aliphatic heterocycles. The third kappa shape index (κ3) is 6.18. The van der Waals surface area contributed by atoms with E-state index in [9.17, 15) is 4.79 Å². The second kappa shape index (κ2) is 6.50. The summed E-state index contributed by atoms with van der Waals surface area (Å²) < 4.78 is 4.92. The molecule has 0 radical (unpaired) electrons. The zero-order valence-electron chi connectivity index (χ0n) is 8.46. The minimum absolute atomic E-state index is 0.0185. The van der Waals surface area contributed by atoms with Gasteiger partial charge in [-0.3, -0.25) is 4.79 Å². The Bertz CT molecular complexity index is 196. The van der Waals surface area contributed by atoms with E-state index in [4.69, 9.17) is 11.2 Å². The van der Waals surface area contributed by atoms with Crippen LogP contribution in [0.15, 0.2) is 0 Å². The van der Waals surface area contributed by atoms with E-state index in [1.165, 1.54) is 0 Å². The molecule has 13 heavy (non-hydrogen) atoms. The van der Waals surface area contributed by atoms with Crippen molar-refractivity contribution in [2.24, 2.45) is 5.92 Å². The molecule has 0 aliphatic rings. The van der Waals surface area contributed by atoms with E-state index in [2.05, 4.69) is 11.2 Å². The van der Waals surface area contributed by atoms with Crippen LogP contribution < -0.4 is 5.32 Å². The van der Waals surface area contributed by atoms with Gasteiger partial charge in [-0.2, -0.15) is 0 Å². The number of methoxy groups -OCH3 is 1. The molecule has 0 bridgehead atoms. The number of carbonyl (C=O) groups excluding carboxylic acids is 1. The summed E-state index contributed by atoms with van der Waals surface area (Å²) in [5, 5.41) is 2.69. The van der Waals surface area contributed by atoms with Crippen molar-refractivity contribution in [2.45, 2.75) is 26.3 Å². The van der Waals surface area contributed by atoms with Crippen LogP contribution in [0.5, 0.6) is 0 Å². The molecular formula is C10H17NO2. The van der Waals surface area contributed by atoms with Gasteiger partial charge in [0.2, 0.25) is 5.91 Å². The summed E-state index contributed by atoms with van der Waals surface area (Å²) in [5.74, 6) is 2.65. The van der Waals surface area contributed by atoms with Gasteiger partial charge in [0.25, 0.3) is 0 Å². The van der Waals surface area contributed by atoms with E-state index in [0.717, 1.165) is 0 Å². The number of nitrogens with one attached hydrogen (secondary N) is 1. The summed E-state index contributed by atoms with van der Waals surface area (Å²) in [6.45, 7) is 4.33. The van der Waals surface area contributed by atoms with Crippen molar-refractivity contribution in [1.29, 1.82) is 0 Å². The van der Waals surface area contributed by atoms with Crippen molar-refractivity contribution in [3.63, 3.8) is 0 Å². The smallest absolute Gasteiger partial charge is 0.221 e. The van der Waals surface area contributed by atoms with Crippen molar-refractivity contribution in [3.8, 4) is 12.3 Å². The molecule has 74 valence electrons. The normalized spacial score (nSPS) is 14.3. The Morgan fingerprint density at radius 1 is 1.62 bits per heavy atom. The molecular weight excluding hydrogens is 166 g/mol. The van der Waals surface area contributed by atoms with Gasteiger partial charge in [-0.05, 0) is 12.8 Å². The number of amides is 1. The monoisotopic (exact) mass is 183 g/mol. The Kier molecular flexibility index (Phi) is 5.99. The number of hydrogen-bond donors (Lipinski definition) is 1. The molecule has 3 nitrogen and oxygen atoms in total. The second-order valence-corrected chi connectivity index (χ2v) is 3.22. The van der Waals surface area contributed by atoms with Crippen molar-refractivity contribution in [2.75, 3.05) is 13.7 Å². The van der Waals surface area contributed by atoms with Gasteiger partial charge in [0.15, 0.2) is 0 Å². The van der Waals surface area contributed by atoms with E-state index in [1.807, 2.05) is 6.92 Å². The van der Waals surface area contributed by atoms with E-state index < -0.39 is 0 Å². The van der Waals surface area contributed by atoms with E-state index in [1.54, 1.807) is 14.0 Å². The maximum atomic E-state index is 11.2. The van der Waals surface area contributed by atoms with Gasteiger partial charge in [-0.1, -0.05) is 12.8 Å². The zero-order valence-corrected chi connectivity index (χ0v) is 8.46. The Labute approximate surface area is 79.8 Å². The largest absolute Gasteiger partial charge is 0.384 e. The highest BCUT2D eigenvalue weighted by atomic mass is 16.5. The van der Waals surface area contributed by atoms with Crippen LogP contribution in [0.25, 0.3) is 0 Å². The van der Waals surface area contributed by atoms with Gasteiger partial charge in [0.1, 0.15) is 0 Å². The Hall–Kier alpha value is -1.01. The van der Waals surface area contributed by atoms with Crippen LogP contribution in [0.1, 0.15) is 20.3 Å². The van der Waals surface area contributed by atoms with Crippen LogP contribution in [0.2, 0.25) is 0 Å². The average molecular weight is 183 g/mol. The first kappa shape index (κ1) is 12.0. The molecule has 0 saturated carbocycles. The zero-order chi connectivity index (χ0) is 10.3. The fraction of sp³-hybridized carbons (Fsp3) is 0.700. The first-order valence-electron chi connectivity index (χ1n) is 4.34. The van der Waals surface area contributed by atoms with Crippen molar-refractivity contribution < 1.29 is 9.53 Å². The summed E-state index contributed by atoms with van der Waals surface area (Å²) in [6.07, 6.45) is 5.58. The third-order valence-electron chi connectivity index (χ3n) is 1.61. The number of terminal acetylenes is 1. The van der Waals surface area contributed by atoms with Gasteiger partial charge in [0.05, 0.1) is 6.04 Å².